The van der Waals surface area contributed by atoms with Gasteiger partial charge in [-0.1, -0.05) is 13.0 Å². The zero-order chi connectivity index (χ0) is 13.5. The molecule has 4 nitrogen and oxygen atoms in total. The predicted octanol–water partition coefficient (Wildman–Crippen LogP) is 3.94. The molecule has 0 aliphatic heterocycles. The van der Waals surface area contributed by atoms with Crippen molar-refractivity contribution in [2.24, 2.45) is 5.92 Å². The largest absolute Gasteiger partial charge is 0.493 e. The summed E-state index contributed by atoms with van der Waals surface area (Å²) in [6.45, 7) is 4.38. The molecule has 100 valence electrons. The Morgan fingerprint density at radius 2 is 2.17 bits per heavy atom. The van der Waals surface area contributed by atoms with E-state index in [9.17, 15) is 10.1 Å². The maximum atomic E-state index is 10.8. The number of hydrogen-bond acceptors (Lipinski definition) is 3. The van der Waals surface area contributed by atoms with Gasteiger partial charge in [-0.25, -0.2) is 0 Å². The van der Waals surface area contributed by atoms with Crippen LogP contribution in [0.1, 0.15) is 25.3 Å². The lowest BCUT2D eigenvalue weighted by Crippen LogP contribution is -2.06. The second kappa shape index (κ2) is 7.21. The van der Waals surface area contributed by atoms with Gasteiger partial charge in [-0.15, -0.1) is 11.6 Å². The Morgan fingerprint density at radius 1 is 1.44 bits per heavy atom. The number of nitro benzene ring substituents is 1. The third-order valence-corrected chi connectivity index (χ3v) is 3.14. The van der Waals surface area contributed by atoms with Crippen LogP contribution < -0.4 is 4.74 Å². The molecule has 1 aromatic rings. The number of halogens is 1. The number of nitro groups is 1. The van der Waals surface area contributed by atoms with Crippen LogP contribution in [0.25, 0.3) is 0 Å². The van der Waals surface area contributed by atoms with Gasteiger partial charge in [-0.3, -0.25) is 10.1 Å². The van der Waals surface area contributed by atoms with Crippen molar-refractivity contribution in [3.63, 3.8) is 0 Å². The fraction of sp³-hybridized carbons (Fsp3) is 0.538. The minimum absolute atomic E-state index is 0.0984. The monoisotopic (exact) mass is 271 g/mol. The lowest BCUT2D eigenvalue weighted by molar-refractivity contribution is -0.385. The first kappa shape index (κ1) is 14.8. The van der Waals surface area contributed by atoms with Crippen LogP contribution in [-0.4, -0.2) is 17.4 Å². The van der Waals surface area contributed by atoms with E-state index in [2.05, 4.69) is 6.92 Å². The average molecular weight is 272 g/mol. The molecule has 0 fully saturated rings. The molecule has 0 amide bonds. The van der Waals surface area contributed by atoms with Gasteiger partial charge in [0.25, 0.3) is 5.69 Å². The van der Waals surface area contributed by atoms with E-state index in [1.807, 2.05) is 0 Å². The van der Waals surface area contributed by atoms with E-state index in [4.69, 9.17) is 16.3 Å². The normalized spacial score (nSPS) is 12.2. The number of rotatable bonds is 7. The van der Waals surface area contributed by atoms with Gasteiger partial charge >= 0.3 is 0 Å². The van der Waals surface area contributed by atoms with Crippen LogP contribution in [0.3, 0.4) is 0 Å². The SMILES string of the molecule is Cc1c(OCCC(C)CCCl)cccc1[N+](=O)[O-]. The van der Waals surface area contributed by atoms with Crippen LogP contribution in [0.15, 0.2) is 18.2 Å². The van der Waals surface area contributed by atoms with E-state index in [1.165, 1.54) is 6.07 Å². The van der Waals surface area contributed by atoms with Crippen LogP contribution in [0.5, 0.6) is 5.75 Å². The van der Waals surface area contributed by atoms with Gasteiger partial charge in [0.1, 0.15) is 5.75 Å². The summed E-state index contributed by atoms with van der Waals surface area (Å²) in [4.78, 5) is 10.4. The fourth-order valence-corrected chi connectivity index (χ4v) is 2.03. The predicted molar refractivity (Wildman–Crippen MR) is 72.4 cm³/mol. The van der Waals surface area contributed by atoms with Gasteiger partial charge in [0.15, 0.2) is 0 Å². The van der Waals surface area contributed by atoms with E-state index >= 15 is 0 Å². The Labute approximate surface area is 112 Å². The van der Waals surface area contributed by atoms with Gasteiger partial charge in [0.2, 0.25) is 0 Å². The molecule has 5 heteroatoms. The molecule has 0 saturated carbocycles. The summed E-state index contributed by atoms with van der Waals surface area (Å²) in [5, 5.41) is 10.8. The molecular weight excluding hydrogens is 254 g/mol. The second-order valence-electron chi connectivity index (χ2n) is 4.38. The van der Waals surface area contributed by atoms with Gasteiger partial charge in [-0.2, -0.15) is 0 Å². The zero-order valence-corrected chi connectivity index (χ0v) is 11.4. The number of nitrogens with zero attached hydrogens (tertiary/aromatic N) is 1. The summed E-state index contributed by atoms with van der Waals surface area (Å²) >= 11 is 5.66. The molecule has 1 aromatic carbocycles. The first-order valence-electron chi connectivity index (χ1n) is 5.99. The molecule has 0 bridgehead atoms. The fourth-order valence-electron chi connectivity index (χ4n) is 1.66. The van der Waals surface area contributed by atoms with E-state index < -0.39 is 4.92 Å². The summed E-state index contributed by atoms with van der Waals surface area (Å²) in [6.07, 6.45) is 1.85. The summed E-state index contributed by atoms with van der Waals surface area (Å²) in [5.74, 6) is 1.74. The number of benzene rings is 1. The van der Waals surface area contributed by atoms with Crippen molar-refractivity contribution in [3.8, 4) is 5.75 Å². The van der Waals surface area contributed by atoms with E-state index in [1.54, 1.807) is 19.1 Å². The third-order valence-electron chi connectivity index (χ3n) is 2.92. The molecule has 0 radical (unpaired) electrons. The Bertz CT molecular complexity index is 409. The van der Waals surface area contributed by atoms with Gasteiger partial charge in [0.05, 0.1) is 17.1 Å². The molecule has 1 unspecified atom stereocenters. The molecule has 0 spiro atoms. The van der Waals surface area contributed by atoms with Crippen LogP contribution in [0, 0.1) is 23.0 Å². The standard InChI is InChI=1S/C13H18ClNO3/c1-10(6-8-14)7-9-18-13-5-3-4-12(11(13)2)15(16)17/h3-5,10H,6-9H2,1-2H3. The highest BCUT2D eigenvalue weighted by Gasteiger charge is 2.14. The second-order valence-corrected chi connectivity index (χ2v) is 4.76. The quantitative estimate of drug-likeness (QED) is 0.429. The van der Waals surface area contributed by atoms with Crippen LogP contribution >= 0.6 is 11.6 Å². The number of hydrogen-bond donors (Lipinski definition) is 0. The van der Waals surface area contributed by atoms with E-state index in [0.29, 0.717) is 29.7 Å². The highest BCUT2D eigenvalue weighted by molar-refractivity contribution is 6.17. The smallest absolute Gasteiger partial charge is 0.276 e. The molecule has 0 aliphatic carbocycles. The van der Waals surface area contributed by atoms with Crippen molar-refractivity contribution in [3.05, 3.63) is 33.9 Å². The van der Waals surface area contributed by atoms with Crippen molar-refractivity contribution in [1.29, 1.82) is 0 Å². The Hall–Kier alpha value is -1.29. The van der Waals surface area contributed by atoms with Crippen LogP contribution in [0.4, 0.5) is 5.69 Å². The van der Waals surface area contributed by atoms with Crippen LogP contribution in [-0.2, 0) is 0 Å². The zero-order valence-electron chi connectivity index (χ0n) is 10.7. The summed E-state index contributed by atoms with van der Waals surface area (Å²) < 4.78 is 5.60. The third kappa shape index (κ3) is 4.18. The molecule has 0 heterocycles. The topological polar surface area (TPSA) is 52.4 Å². The van der Waals surface area contributed by atoms with Gasteiger partial charge < -0.3 is 4.74 Å². The minimum atomic E-state index is -0.391. The first-order chi connectivity index (χ1) is 8.56. The molecular formula is C13H18ClNO3. The first-order valence-corrected chi connectivity index (χ1v) is 6.52. The molecule has 1 atom stereocenters. The maximum absolute atomic E-state index is 10.8. The Morgan fingerprint density at radius 3 is 2.78 bits per heavy atom. The molecule has 0 saturated heterocycles. The lowest BCUT2D eigenvalue weighted by Gasteiger charge is -2.12. The summed E-state index contributed by atoms with van der Waals surface area (Å²) in [7, 11) is 0. The van der Waals surface area contributed by atoms with Gasteiger partial charge in [-0.05, 0) is 31.7 Å². The van der Waals surface area contributed by atoms with E-state index in [-0.39, 0.29) is 5.69 Å². The highest BCUT2D eigenvalue weighted by Crippen LogP contribution is 2.27. The Kier molecular flexibility index (Phi) is 5.92. The lowest BCUT2D eigenvalue weighted by atomic mass is 10.1. The van der Waals surface area contributed by atoms with Crippen molar-refractivity contribution < 1.29 is 9.66 Å². The molecule has 0 aromatic heterocycles. The Balaban J connectivity index is 2.57. The number of ether oxygens (including phenoxy) is 1. The highest BCUT2D eigenvalue weighted by atomic mass is 35.5. The minimum Gasteiger partial charge on any atom is -0.493 e. The van der Waals surface area contributed by atoms with Crippen molar-refractivity contribution in [1.82, 2.24) is 0 Å². The maximum Gasteiger partial charge on any atom is 0.276 e. The molecule has 1 rings (SSSR count). The average Bonchev–Trinajstić information content (AvgIpc) is 2.31. The van der Waals surface area contributed by atoms with Crippen molar-refractivity contribution >= 4 is 17.3 Å². The number of alkyl halides is 1. The van der Waals surface area contributed by atoms with Crippen molar-refractivity contribution in [2.45, 2.75) is 26.7 Å². The van der Waals surface area contributed by atoms with Crippen LogP contribution in [0.2, 0.25) is 0 Å². The summed E-state index contributed by atoms with van der Waals surface area (Å²) in [6, 6.07) is 4.88. The molecule has 18 heavy (non-hydrogen) atoms. The molecule has 0 N–H and O–H groups in total. The van der Waals surface area contributed by atoms with Gasteiger partial charge in [0, 0.05) is 11.9 Å². The van der Waals surface area contributed by atoms with Crippen molar-refractivity contribution in [2.75, 3.05) is 12.5 Å². The van der Waals surface area contributed by atoms with E-state index in [0.717, 1.165) is 12.8 Å². The molecule has 0 aliphatic rings. The summed E-state index contributed by atoms with van der Waals surface area (Å²) in [5.41, 5.74) is 0.675.